The number of carbonyl (C=O) groups is 1. The fourth-order valence-corrected chi connectivity index (χ4v) is 2.45. The molecule has 0 aromatic carbocycles. The molecule has 1 aliphatic carbocycles. The Kier molecular flexibility index (Phi) is 3.28. The minimum atomic E-state index is -0.866. The van der Waals surface area contributed by atoms with Crippen molar-refractivity contribution >= 4 is 17.3 Å². The molecular formula is C11H15NO3S. The van der Waals surface area contributed by atoms with E-state index in [1.807, 2.05) is 6.07 Å². The van der Waals surface area contributed by atoms with Crippen molar-refractivity contribution < 1.29 is 15.0 Å². The molecule has 1 fully saturated rings. The maximum Gasteiger partial charge on any atom is 0.346 e. The molecule has 16 heavy (non-hydrogen) atoms. The molecule has 0 saturated heterocycles. The second kappa shape index (κ2) is 4.53. The highest BCUT2D eigenvalue weighted by Crippen LogP contribution is 2.44. The Morgan fingerprint density at radius 3 is 2.88 bits per heavy atom. The van der Waals surface area contributed by atoms with E-state index in [0.29, 0.717) is 11.4 Å². The molecule has 4 nitrogen and oxygen atoms in total. The van der Waals surface area contributed by atoms with E-state index in [9.17, 15) is 4.79 Å². The second-order valence-electron chi connectivity index (χ2n) is 4.34. The highest BCUT2D eigenvalue weighted by Gasteiger charge is 2.41. The van der Waals surface area contributed by atoms with Crippen molar-refractivity contribution in [2.24, 2.45) is 5.41 Å². The second-order valence-corrected chi connectivity index (χ2v) is 5.26. The zero-order valence-electron chi connectivity index (χ0n) is 8.90. The summed E-state index contributed by atoms with van der Waals surface area (Å²) >= 11 is 1.25. The maximum absolute atomic E-state index is 10.9. The number of hydrogen-bond acceptors (Lipinski definition) is 4. The number of hydrogen-bond donors (Lipinski definition) is 3. The van der Waals surface area contributed by atoms with Crippen molar-refractivity contribution in [3.63, 3.8) is 0 Å². The molecular weight excluding hydrogens is 226 g/mol. The van der Waals surface area contributed by atoms with Crippen LogP contribution in [0.5, 0.6) is 0 Å². The fraction of sp³-hybridized carbons (Fsp3) is 0.545. The van der Waals surface area contributed by atoms with Gasteiger partial charge in [-0.25, -0.2) is 4.79 Å². The minimum absolute atomic E-state index is 0.0689. The third kappa shape index (κ3) is 2.42. The van der Waals surface area contributed by atoms with E-state index in [-0.39, 0.29) is 12.0 Å². The molecule has 0 spiro atoms. The van der Waals surface area contributed by atoms with E-state index in [2.05, 4.69) is 5.32 Å². The number of rotatable bonds is 6. The van der Waals surface area contributed by atoms with Crippen LogP contribution in [0, 0.1) is 5.41 Å². The van der Waals surface area contributed by atoms with E-state index in [1.165, 1.54) is 11.3 Å². The number of aliphatic hydroxyl groups excluding tert-OH is 1. The van der Waals surface area contributed by atoms with Crippen molar-refractivity contribution in [1.29, 1.82) is 0 Å². The first kappa shape index (κ1) is 11.6. The standard InChI is InChI=1S/C11H15NO3S/c13-7-11(2-3-11)6-12-5-8-1-4-16-9(8)10(14)15/h1,4,12-13H,2-3,5-7H2,(H,14,15). The zero-order valence-corrected chi connectivity index (χ0v) is 9.72. The monoisotopic (exact) mass is 241 g/mol. The summed E-state index contributed by atoms with van der Waals surface area (Å²) < 4.78 is 0. The van der Waals surface area contributed by atoms with Gasteiger partial charge in [0, 0.05) is 25.1 Å². The van der Waals surface area contributed by atoms with Crippen LogP contribution in [0.1, 0.15) is 28.1 Å². The summed E-state index contributed by atoms with van der Waals surface area (Å²) in [6, 6.07) is 1.83. The minimum Gasteiger partial charge on any atom is -0.477 e. The summed E-state index contributed by atoms with van der Waals surface area (Å²) in [6.45, 7) is 1.54. The lowest BCUT2D eigenvalue weighted by Gasteiger charge is -2.12. The van der Waals surface area contributed by atoms with Crippen LogP contribution in [0.4, 0.5) is 0 Å². The molecule has 1 aromatic heterocycles. The van der Waals surface area contributed by atoms with Crippen LogP contribution in [-0.2, 0) is 6.54 Å². The first-order valence-electron chi connectivity index (χ1n) is 5.28. The van der Waals surface area contributed by atoms with Gasteiger partial charge in [-0.05, 0) is 29.9 Å². The van der Waals surface area contributed by atoms with Crippen LogP contribution >= 0.6 is 11.3 Å². The molecule has 0 radical (unpaired) electrons. The smallest absolute Gasteiger partial charge is 0.346 e. The third-order valence-corrected chi connectivity index (χ3v) is 3.99. The number of carboxylic acid groups (broad SMARTS) is 1. The maximum atomic E-state index is 10.9. The molecule has 0 atom stereocenters. The molecule has 1 aliphatic rings. The van der Waals surface area contributed by atoms with Crippen LogP contribution in [0.3, 0.4) is 0 Å². The summed E-state index contributed by atoms with van der Waals surface area (Å²) in [5.74, 6) is -0.866. The van der Waals surface area contributed by atoms with Crippen molar-refractivity contribution in [1.82, 2.24) is 5.32 Å². The molecule has 0 unspecified atom stereocenters. The van der Waals surface area contributed by atoms with Gasteiger partial charge in [-0.3, -0.25) is 0 Å². The van der Waals surface area contributed by atoms with Crippen LogP contribution in [-0.4, -0.2) is 29.3 Å². The Morgan fingerprint density at radius 1 is 1.56 bits per heavy atom. The zero-order chi connectivity index (χ0) is 11.6. The third-order valence-electron chi connectivity index (χ3n) is 3.05. The van der Waals surface area contributed by atoms with E-state index in [1.54, 1.807) is 5.38 Å². The lowest BCUT2D eigenvalue weighted by atomic mass is 10.1. The summed E-state index contributed by atoms with van der Waals surface area (Å²) in [6.07, 6.45) is 2.12. The highest BCUT2D eigenvalue weighted by atomic mass is 32.1. The van der Waals surface area contributed by atoms with Gasteiger partial charge in [-0.2, -0.15) is 0 Å². The number of thiophene rings is 1. The molecule has 0 bridgehead atoms. The van der Waals surface area contributed by atoms with Gasteiger partial charge in [0.2, 0.25) is 0 Å². The van der Waals surface area contributed by atoms with Gasteiger partial charge in [0.15, 0.2) is 0 Å². The largest absolute Gasteiger partial charge is 0.477 e. The topological polar surface area (TPSA) is 69.6 Å². The van der Waals surface area contributed by atoms with E-state index in [0.717, 1.165) is 24.9 Å². The number of aliphatic hydroxyl groups is 1. The number of aromatic carboxylic acids is 1. The molecule has 0 amide bonds. The fourth-order valence-electron chi connectivity index (χ4n) is 1.69. The molecule has 1 saturated carbocycles. The van der Waals surface area contributed by atoms with Crippen molar-refractivity contribution in [3.8, 4) is 0 Å². The highest BCUT2D eigenvalue weighted by molar-refractivity contribution is 7.12. The lowest BCUT2D eigenvalue weighted by Crippen LogP contribution is -2.26. The molecule has 1 heterocycles. The van der Waals surface area contributed by atoms with Crippen LogP contribution in [0.15, 0.2) is 11.4 Å². The van der Waals surface area contributed by atoms with Gasteiger partial charge in [-0.15, -0.1) is 11.3 Å². The van der Waals surface area contributed by atoms with Crippen molar-refractivity contribution in [2.75, 3.05) is 13.2 Å². The molecule has 3 N–H and O–H groups in total. The Morgan fingerprint density at radius 2 is 2.31 bits per heavy atom. The summed E-state index contributed by atoms with van der Waals surface area (Å²) in [4.78, 5) is 11.3. The summed E-state index contributed by atoms with van der Waals surface area (Å²) in [5.41, 5.74) is 0.894. The normalized spacial score (nSPS) is 17.3. The van der Waals surface area contributed by atoms with Gasteiger partial charge >= 0.3 is 5.97 Å². The van der Waals surface area contributed by atoms with E-state index < -0.39 is 5.97 Å². The van der Waals surface area contributed by atoms with E-state index in [4.69, 9.17) is 10.2 Å². The molecule has 1 aromatic rings. The Hall–Kier alpha value is -0.910. The van der Waals surface area contributed by atoms with Crippen LogP contribution in [0.25, 0.3) is 0 Å². The van der Waals surface area contributed by atoms with Gasteiger partial charge < -0.3 is 15.5 Å². The predicted molar refractivity (Wildman–Crippen MR) is 61.7 cm³/mol. The average molecular weight is 241 g/mol. The average Bonchev–Trinajstić information content (AvgIpc) is 2.88. The lowest BCUT2D eigenvalue weighted by molar-refractivity contribution is 0.0701. The quantitative estimate of drug-likeness (QED) is 0.702. The van der Waals surface area contributed by atoms with Gasteiger partial charge in [0.1, 0.15) is 4.88 Å². The molecule has 5 heteroatoms. The Balaban J connectivity index is 1.85. The first-order valence-corrected chi connectivity index (χ1v) is 6.16. The van der Waals surface area contributed by atoms with Crippen LogP contribution < -0.4 is 5.32 Å². The molecule has 0 aliphatic heterocycles. The SMILES string of the molecule is O=C(O)c1sccc1CNCC1(CO)CC1. The summed E-state index contributed by atoms with van der Waals surface area (Å²) in [5, 5.41) is 23.1. The van der Waals surface area contributed by atoms with Crippen LogP contribution in [0.2, 0.25) is 0 Å². The van der Waals surface area contributed by atoms with Gasteiger partial charge in [0.05, 0.1) is 0 Å². The predicted octanol–water partition coefficient (Wildman–Crippen LogP) is 1.31. The molecule has 2 rings (SSSR count). The van der Waals surface area contributed by atoms with Gasteiger partial charge in [0.25, 0.3) is 0 Å². The number of carboxylic acids is 1. The first-order chi connectivity index (χ1) is 7.67. The van der Waals surface area contributed by atoms with Crippen molar-refractivity contribution in [3.05, 3.63) is 21.9 Å². The molecule has 88 valence electrons. The van der Waals surface area contributed by atoms with Gasteiger partial charge in [-0.1, -0.05) is 0 Å². The van der Waals surface area contributed by atoms with Crippen molar-refractivity contribution in [2.45, 2.75) is 19.4 Å². The Labute approximate surface area is 97.9 Å². The van der Waals surface area contributed by atoms with E-state index >= 15 is 0 Å². The summed E-state index contributed by atoms with van der Waals surface area (Å²) in [7, 11) is 0. The number of nitrogens with one attached hydrogen (secondary N) is 1. The Bertz CT molecular complexity index is 384.